The average molecular weight is 633 g/mol. The van der Waals surface area contributed by atoms with E-state index in [1.165, 1.54) is 70.2 Å². The van der Waals surface area contributed by atoms with Gasteiger partial charge in [0.15, 0.2) is 23.1 Å². The number of benzene rings is 2. The molecule has 0 aromatic heterocycles. The zero-order chi connectivity index (χ0) is 32.7. The van der Waals surface area contributed by atoms with Gasteiger partial charge in [0.05, 0.1) is 11.8 Å². The molecule has 4 nitrogen and oxygen atoms in total. The van der Waals surface area contributed by atoms with Crippen molar-refractivity contribution in [1.82, 2.24) is 0 Å². The summed E-state index contributed by atoms with van der Waals surface area (Å²) in [5.41, 5.74) is 0.406. The number of ether oxygens (including phenoxy) is 2. The summed E-state index contributed by atoms with van der Waals surface area (Å²) in [6, 6.07) is 5.48. The van der Waals surface area contributed by atoms with E-state index in [9.17, 15) is 27.2 Å². The van der Waals surface area contributed by atoms with Crippen molar-refractivity contribution in [3.05, 3.63) is 58.7 Å². The number of halogens is 4. The van der Waals surface area contributed by atoms with Gasteiger partial charge in [-0.2, -0.15) is 8.78 Å². The molecule has 0 saturated heterocycles. The third-order valence-corrected chi connectivity index (χ3v) is 10.2. The summed E-state index contributed by atoms with van der Waals surface area (Å²) >= 11 is 0. The molecule has 0 amide bonds. The van der Waals surface area contributed by atoms with Crippen LogP contribution in [0, 0.1) is 72.6 Å². The molecule has 0 heterocycles. The van der Waals surface area contributed by atoms with Gasteiger partial charge in [-0.1, -0.05) is 51.7 Å². The normalized spacial score (nSPS) is 26.8. The Labute approximate surface area is 265 Å². The number of hydrogen-bond donors (Lipinski definition) is 0. The fourth-order valence-electron chi connectivity index (χ4n) is 6.96. The van der Waals surface area contributed by atoms with Gasteiger partial charge in [-0.15, -0.1) is 0 Å². The van der Waals surface area contributed by atoms with Crippen LogP contribution in [0.25, 0.3) is 0 Å². The molecule has 8 heteroatoms. The van der Waals surface area contributed by atoms with Crippen LogP contribution in [-0.2, 0) is 9.59 Å². The molecule has 0 unspecified atom stereocenters. The molecule has 5 rings (SSSR count). The molecule has 3 aliphatic carbocycles. The van der Waals surface area contributed by atoms with E-state index in [0.717, 1.165) is 63.2 Å². The lowest BCUT2D eigenvalue weighted by molar-refractivity contribution is -0.141. The second-order valence-corrected chi connectivity index (χ2v) is 13.9. The molecule has 0 aliphatic heterocycles. The quantitative estimate of drug-likeness (QED) is 0.181. The third kappa shape index (κ3) is 9.55. The molecule has 2 aromatic rings. The number of carbonyl (C=O) groups is 2. The predicted molar refractivity (Wildman–Crippen MR) is 166 cm³/mol. The standard InChI is InChI=1S/C22H30F2O2.C15H18F2O2/c1-14-3-6-16(7-4-14)13-17-8-10-18(11-9-17)22(25)26-19-12-5-15(2)20(23)21(19)24;1-9-3-6-11(7-4-9)15(18)19-12-8-5-10(2)13(16)14(12)17/h5,12,14,16-18H,3-4,6-11,13H2,1-2H3;5,8-9,11H,3-4,6-7H2,1-2H3. The summed E-state index contributed by atoms with van der Waals surface area (Å²) in [6.07, 6.45) is 13.8. The first kappa shape index (κ1) is 35.0. The van der Waals surface area contributed by atoms with Crippen LogP contribution in [0.5, 0.6) is 11.5 Å². The maximum Gasteiger partial charge on any atom is 0.314 e. The van der Waals surface area contributed by atoms with Crippen molar-refractivity contribution in [2.75, 3.05) is 0 Å². The Morgan fingerprint density at radius 3 is 1.29 bits per heavy atom. The van der Waals surface area contributed by atoms with Gasteiger partial charge < -0.3 is 9.47 Å². The van der Waals surface area contributed by atoms with Gasteiger partial charge in [-0.05, 0) is 119 Å². The predicted octanol–water partition coefficient (Wildman–Crippen LogP) is 10.2. The van der Waals surface area contributed by atoms with Crippen LogP contribution in [-0.4, -0.2) is 11.9 Å². The zero-order valence-electron chi connectivity index (χ0n) is 27.1. The highest BCUT2D eigenvalue weighted by Gasteiger charge is 2.31. The Kier molecular flexibility index (Phi) is 12.5. The molecular weight excluding hydrogens is 584 g/mol. The van der Waals surface area contributed by atoms with E-state index in [2.05, 4.69) is 13.8 Å². The summed E-state index contributed by atoms with van der Waals surface area (Å²) in [5, 5.41) is 0. The summed E-state index contributed by atoms with van der Waals surface area (Å²) < 4.78 is 64.6. The lowest BCUT2D eigenvalue weighted by Crippen LogP contribution is -2.27. The maximum absolute atomic E-state index is 13.9. The molecule has 45 heavy (non-hydrogen) atoms. The van der Waals surface area contributed by atoms with Crippen LogP contribution in [0.1, 0.15) is 108 Å². The Bertz CT molecular complexity index is 1300. The van der Waals surface area contributed by atoms with Gasteiger partial charge in [-0.3, -0.25) is 9.59 Å². The topological polar surface area (TPSA) is 52.6 Å². The lowest BCUT2D eigenvalue weighted by Gasteiger charge is -2.32. The van der Waals surface area contributed by atoms with E-state index in [4.69, 9.17) is 9.47 Å². The first-order valence-corrected chi connectivity index (χ1v) is 16.7. The first-order chi connectivity index (χ1) is 21.4. The minimum Gasteiger partial charge on any atom is -0.423 e. The fourth-order valence-corrected chi connectivity index (χ4v) is 6.96. The van der Waals surface area contributed by atoms with Crippen molar-refractivity contribution in [2.24, 2.45) is 35.5 Å². The van der Waals surface area contributed by atoms with Crippen molar-refractivity contribution in [2.45, 2.75) is 111 Å². The molecule has 0 radical (unpaired) electrons. The molecular formula is C37H48F4O4. The van der Waals surface area contributed by atoms with Crippen LogP contribution >= 0.6 is 0 Å². The lowest BCUT2D eigenvalue weighted by atomic mass is 9.73. The van der Waals surface area contributed by atoms with E-state index < -0.39 is 35.2 Å². The molecule has 0 bridgehead atoms. The van der Waals surface area contributed by atoms with Crippen LogP contribution in [0.15, 0.2) is 24.3 Å². The summed E-state index contributed by atoms with van der Waals surface area (Å²) in [4.78, 5) is 24.2. The van der Waals surface area contributed by atoms with E-state index in [0.29, 0.717) is 11.8 Å². The van der Waals surface area contributed by atoms with Crippen LogP contribution in [0.4, 0.5) is 17.6 Å². The Morgan fingerprint density at radius 1 is 0.556 bits per heavy atom. The highest BCUT2D eigenvalue weighted by Crippen LogP contribution is 2.39. The van der Waals surface area contributed by atoms with Gasteiger partial charge in [-0.25, -0.2) is 8.78 Å². The van der Waals surface area contributed by atoms with Gasteiger partial charge >= 0.3 is 11.9 Å². The van der Waals surface area contributed by atoms with Crippen molar-refractivity contribution >= 4 is 11.9 Å². The van der Waals surface area contributed by atoms with Crippen molar-refractivity contribution in [3.63, 3.8) is 0 Å². The zero-order valence-corrected chi connectivity index (χ0v) is 27.1. The molecule has 3 aliphatic rings. The third-order valence-electron chi connectivity index (χ3n) is 10.2. The largest absolute Gasteiger partial charge is 0.423 e. The second kappa shape index (κ2) is 16.1. The Hall–Kier alpha value is -2.90. The number of rotatable bonds is 6. The first-order valence-electron chi connectivity index (χ1n) is 16.7. The molecule has 3 fully saturated rings. The smallest absolute Gasteiger partial charge is 0.314 e. The number of hydrogen-bond acceptors (Lipinski definition) is 4. The van der Waals surface area contributed by atoms with Crippen LogP contribution < -0.4 is 9.47 Å². The van der Waals surface area contributed by atoms with Crippen molar-refractivity contribution in [3.8, 4) is 11.5 Å². The van der Waals surface area contributed by atoms with Crippen molar-refractivity contribution in [1.29, 1.82) is 0 Å². The van der Waals surface area contributed by atoms with Gasteiger partial charge in [0.25, 0.3) is 0 Å². The van der Waals surface area contributed by atoms with E-state index in [1.807, 2.05) is 0 Å². The maximum atomic E-state index is 13.9. The summed E-state index contributed by atoms with van der Waals surface area (Å²) in [5.74, 6) is -2.87. The van der Waals surface area contributed by atoms with E-state index >= 15 is 0 Å². The van der Waals surface area contributed by atoms with Gasteiger partial charge in [0.2, 0.25) is 11.6 Å². The highest BCUT2D eigenvalue weighted by atomic mass is 19.2. The van der Waals surface area contributed by atoms with E-state index in [-0.39, 0.29) is 34.5 Å². The highest BCUT2D eigenvalue weighted by molar-refractivity contribution is 5.75. The molecule has 248 valence electrons. The fraction of sp³-hybridized carbons (Fsp3) is 0.622. The van der Waals surface area contributed by atoms with Crippen LogP contribution in [0.2, 0.25) is 0 Å². The number of carbonyl (C=O) groups excluding carboxylic acids is 2. The summed E-state index contributed by atoms with van der Waals surface area (Å²) in [7, 11) is 0. The Balaban J connectivity index is 0.000000215. The van der Waals surface area contributed by atoms with Gasteiger partial charge in [0.1, 0.15) is 0 Å². The number of aryl methyl sites for hydroxylation is 2. The summed E-state index contributed by atoms with van der Waals surface area (Å²) in [6.45, 7) is 7.44. The van der Waals surface area contributed by atoms with Crippen LogP contribution in [0.3, 0.4) is 0 Å². The molecule has 0 N–H and O–H groups in total. The average Bonchev–Trinajstić information content (AvgIpc) is 3.03. The van der Waals surface area contributed by atoms with Gasteiger partial charge in [0, 0.05) is 0 Å². The minimum absolute atomic E-state index is 0.193. The number of esters is 2. The minimum atomic E-state index is -1.09. The molecule has 2 aromatic carbocycles. The second-order valence-electron chi connectivity index (χ2n) is 13.9. The van der Waals surface area contributed by atoms with Crippen molar-refractivity contribution < 1.29 is 36.6 Å². The monoisotopic (exact) mass is 632 g/mol. The molecule has 3 saturated carbocycles. The molecule has 0 spiro atoms. The molecule has 0 atom stereocenters. The van der Waals surface area contributed by atoms with E-state index in [1.54, 1.807) is 0 Å². The SMILES string of the molecule is Cc1ccc(OC(=O)C2CCC(C)CC2)c(F)c1F.Cc1ccc(OC(=O)C2CCC(CC3CCC(C)CC3)CC2)c(F)c1F. The Morgan fingerprint density at radius 2 is 0.889 bits per heavy atom.